The Labute approximate surface area is 149 Å². The average Bonchev–Trinajstić information content (AvgIpc) is 2.47. The van der Waals surface area contributed by atoms with Crippen LogP contribution in [-0.2, 0) is 17.6 Å². The highest BCUT2D eigenvalue weighted by atomic mass is 16.5. The fourth-order valence-corrected chi connectivity index (χ4v) is 2.81. The van der Waals surface area contributed by atoms with Gasteiger partial charge in [0.2, 0.25) is 0 Å². The average molecular weight is 336 g/mol. The maximum absolute atomic E-state index is 6.08. The number of benzene rings is 1. The van der Waals surface area contributed by atoms with Gasteiger partial charge >= 0.3 is 0 Å². The van der Waals surface area contributed by atoms with Crippen molar-refractivity contribution in [1.29, 1.82) is 0 Å². The highest BCUT2D eigenvalue weighted by Gasteiger charge is 2.15. The number of ether oxygens (including phenoxy) is 2. The van der Waals surface area contributed by atoms with E-state index in [0.29, 0.717) is 25.0 Å². The molecule has 0 saturated carbocycles. The van der Waals surface area contributed by atoms with Gasteiger partial charge in [-0.2, -0.15) is 0 Å². The van der Waals surface area contributed by atoms with E-state index in [9.17, 15) is 0 Å². The van der Waals surface area contributed by atoms with Crippen molar-refractivity contribution in [2.24, 2.45) is 11.8 Å². The van der Waals surface area contributed by atoms with E-state index < -0.39 is 0 Å². The molecule has 0 heterocycles. The summed E-state index contributed by atoms with van der Waals surface area (Å²) in [4.78, 5) is 2.12. The van der Waals surface area contributed by atoms with E-state index in [4.69, 9.17) is 9.47 Å². The van der Waals surface area contributed by atoms with E-state index in [1.807, 2.05) is 0 Å². The lowest BCUT2D eigenvalue weighted by Crippen LogP contribution is -2.19. The minimum Gasteiger partial charge on any atom is -0.491 e. The minimum absolute atomic E-state index is 0.614. The van der Waals surface area contributed by atoms with Gasteiger partial charge in [-0.05, 0) is 68.5 Å². The van der Waals surface area contributed by atoms with Crippen molar-refractivity contribution in [3.63, 3.8) is 0 Å². The Balaban J connectivity index is 2.74. The number of nitrogens with zero attached hydrogens (tertiary/aromatic N) is 1. The summed E-state index contributed by atoms with van der Waals surface area (Å²) in [6.45, 7) is 14.3. The third-order valence-electron chi connectivity index (χ3n) is 4.02. The molecule has 0 saturated heterocycles. The van der Waals surface area contributed by atoms with Crippen molar-refractivity contribution in [2.45, 2.75) is 47.5 Å². The van der Waals surface area contributed by atoms with Crippen LogP contribution in [0.25, 0.3) is 0 Å². The lowest BCUT2D eigenvalue weighted by Gasteiger charge is -2.20. The lowest BCUT2D eigenvalue weighted by molar-refractivity contribution is 0.0886. The number of aryl methyl sites for hydroxylation is 1. The molecule has 0 aliphatic heterocycles. The first-order chi connectivity index (χ1) is 11.3. The summed E-state index contributed by atoms with van der Waals surface area (Å²) in [5.74, 6) is 2.32. The summed E-state index contributed by atoms with van der Waals surface area (Å²) in [6, 6.07) is 4.33. The first kappa shape index (κ1) is 21.0. The van der Waals surface area contributed by atoms with Crippen LogP contribution in [0.2, 0.25) is 0 Å². The van der Waals surface area contributed by atoms with E-state index in [2.05, 4.69) is 65.7 Å². The first-order valence-corrected chi connectivity index (χ1v) is 9.27. The second-order valence-electron chi connectivity index (χ2n) is 7.80. The van der Waals surface area contributed by atoms with Crippen molar-refractivity contribution in [3.05, 3.63) is 28.8 Å². The molecule has 0 unspecified atom stereocenters. The Kier molecular flexibility index (Phi) is 9.38. The van der Waals surface area contributed by atoms with Crippen LogP contribution in [-0.4, -0.2) is 45.4 Å². The SMILES string of the molecule is Cc1ccc(OCCOCCN(C)C)c(CC(C)C)c1CC(C)C. The van der Waals surface area contributed by atoms with Crippen LogP contribution in [0.5, 0.6) is 5.75 Å². The predicted octanol–water partition coefficient (Wildman–Crippen LogP) is 4.35. The number of likely N-dealkylation sites (N-methyl/N-ethyl adjacent to an activating group) is 1. The van der Waals surface area contributed by atoms with Gasteiger partial charge in [-0.3, -0.25) is 0 Å². The van der Waals surface area contributed by atoms with Crippen LogP contribution in [0.3, 0.4) is 0 Å². The van der Waals surface area contributed by atoms with Gasteiger partial charge in [0, 0.05) is 6.54 Å². The summed E-state index contributed by atoms with van der Waals surface area (Å²) in [5, 5.41) is 0. The maximum Gasteiger partial charge on any atom is 0.122 e. The Bertz CT molecular complexity index is 481. The summed E-state index contributed by atoms with van der Waals surface area (Å²) < 4.78 is 11.7. The van der Waals surface area contributed by atoms with Crippen molar-refractivity contribution in [3.8, 4) is 5.75 Å². The van der Waals surface area contributed by atoms with Gasteiger partial charge in [0.15, 0.2) is 0 Å². The molecule has 0 bridgehead atoms. The van der Waals surface area contributed by atoms with Crippen LogP contribution in [0.4, 0.5) is 0 Å². The summed E-state index contributed by atoms with van der Waals surface area (Å²) >= 11 is 0. The van der Waals surface area contributed by atoms with Crippen LogP contribution in [0.1, 0.15) is 44.4 Å². The van der Waals surface area contributed by atoms with Crippen molar-refractivity contribution in [2.75, 3.05) is 40.5 Å². The molecule has 1 aromatic carbocycles. The van der Waals surface area contributed by atoms with Crippen LogP contribution in [0, 0.1) is 18.8 Å². The van der Waals surface area contributed by atoms with E-state index in [-0.39, 0.29) is 0 Å². The molecular weight excluding hydrogens is 298 g/mol. The predicted molar refractivity (Wildman–Crippen MR) is 103 cm³/mol. The van der Waals surface area contributed by atoms with Gasteiger partial charge in [0.25, 0.3) is 0 Å². The minimum atomic E-state index is 0.614. The molecule has 24 heavy (non-hydrogen) atoms. The quantitative estimate of drug-likeness (QED) is 0.561. The number of hydrogen-bond donors (Lipinski definition) is 0. The first-order valence-electron chi connectivity index (χ1n) is 9.27. The van der Waals surface area contributed by atoms with Crippen LogP contribution in [0.15, 0.2) is 12.1 Å². The number of rotatable bonds is 11. The van der Waals surface area contributed by atoms with Crippen molar-refractivity contribution >= 4 is 0 Å². The second-order valence-corrected chi connectivity index (χ2v) is 7.80. The molecule has 0 amide bonds. The monoisotopic (exact) mass is 335 g/mol. The smallest absolute Gasteiger partial charge is 0.122 e. The topological polar surface area (TPSA) is 21.7 Å². The third kappa shape index (κ3) is 7.67. The number of hydrogen-bond acceptors (Lipinski definition) is 3. The Morgan fingerprint density at radius 3 is 2.08 bits per heavy atom. The summed E-state index contributed by atoms with van der Waals surface area (Å²) in [6.07, 6.45) is 2.19. The zero-order valence-corrected chi connectivity index (χ0v) is 16.8. The second kappa shape index (κ2) is 10.7. The summed E-state index contributed by atoms with van der Waals surface area (Å²) in [7, 11) is 4.11. The van der Waals surface area contributed by atoms with Crippen molar-refractivity contribution in [1.82, 2.24) is 4.90 Å². The van der Waals surface area contributed by atoms with E-state index in [1.54, 1.807) is 0 Å². The van der Waals surface area contributed by atoms with Crippen molar-refractivity contribution < 1.29 is 9.47 Å². The molecule has 0 aliphatic rings. The summed E-state index contributed by atoms with van der Waals surface area (Å²) in [5.41, 5.74) is 4.26. The molecule has 0 spiro atoms. The molecule has 0 atom stereocenters. The molecule has 0 aromatic heterocycles. The lowest BCUT2D eigenvalue weighted by atomic mass is 9.89. The van der Waals surface area contributed by atoms with Crippen LogP contribution < -0.4 is 4.74 Å². The fourth-order valence-electron chi connectivity index (χ4n) is 2.81. The van der Waals surface area contributed by atoms with Gasteiger partial charge in [-0.1, -0.05) is 33.8 Å². The van der Waals surface area contributed by atoms with E-state index in [0.717, 1.165) is 31.7 Å². The van der Waals surface area contributed by atoms with Crippen LogP contribution >= 0.6 is 0 Å². The molecule has 0 N–H and O–H groups in total. The highest BCUT2D eigenvalue weighted by molar-refractivity contribution is 5.45. The molecular formula is C21H37NO2. The normalized spacial score (nSPS) is 11.8. The highest BCUT2D eigenvalue weighted by Crippen LogP contribution is 2.30. The third-order valence-corrected chi connectivity index (χ3v) is 4.02. The Morgan fingerprint density at radius 1 is 0.875 bits per heavy atom. The van der Waals surface area contributed by atoms with Gasteiger partial charge in [0.1, 0.15) is 12.4 Å². The molecule has 0 aliphatic carbocycles. The molecule has 0 fully saturated rings. The molecule has 0 radical (unpaired) electrons. The van der Waals surface area contributed by atoms with Gasteiger partial charge in [-0.25, -0.2) is 0 Å². The zero-order chi connectivity index (χ0) is 18.1. The van der Waals surface area contributed by atoms with Gasteiger partial charge < -0.3 is 14.4 Å². The van der Waals surface area contributed by atoms with Gasteiger partial charge in [-0.15, -0.1) is 0 Å². The van der Waals surface area contributed by atoms with E-state index >= 15 is 0 Å². The Morgan fingerprint density at radius 2 is 1.50 bits per heavy atom. The van der Waals surface area contributed by atoms with Gasteiger partial charge in [0.05, 0.1) is 13.2 Å². The Hall–Kier alpha value is -1.06. The largest absolute Gasteiger partial charge is 0.491 e. The van der Waals surface area contributed by atoms with E-state index in [1.165, 1.54) is 16.7 Å². The molecule has 1 aromatic rings. The standard InChI is InChI=1S/C21H37NO2/c1-16(2)14-19-18(5)8-9-21(20(19)15-17(3)4)24-13-12-23-11-10-22(6)7/h8-9,16-17H,10-15H2,1-7H3. The molecule has 1 rings (SSSR count). The zero-order valence-electron chi connectivity index (χ0n) is 16.8. The fraction of sp³-hybridized carbons (Fsp3) is 0.714. The maximum atomic E-state index is 6.08. The molecule has 3 heteroatoms. The molecule has 138 valence electrons. The molecule has 3 nitrogen and oxygen atoms in total.